The maximum absolute atomic E-state index is 12.7. The first-order chi connectivity index (χ1) is 12.0. The van der Waals surface area contributed by atoms with Gasteiger partial charge >= 0.3 is 0 Å². The first kappa shape index (κ1) is 17.2. The van der Waals surface area contributed by atoms with Crippen molar-refractivity contribution in [2.45, 2.75) is 45.7 Å². The molecular formula is C19H24N4O2. The summed E-state index contributed by atoms with van der Waals surface area (Å²) in [6, 6.07) is 9.49. The van der Waals surface area contributed by atoms with E-state index in [0.29, 0.717) is 25.2 Å². The second-order valence-corrected chi connectivity index (χ2v) is 6.55. The summed E-state index contributed by atoms with van der Waals surface area (Å²) < 4.78 is 1.66. The second kappa shape index (κ2) is 7.09. The molecule has 1 fully saturated rings. The highest BCUT2D eigenvalue weighted by atomic mass is 16.2. The molecule has 0 spiro atoms. The molecule has 1 saturated heterocycles. The Bertz CT molecular complexity index is 779. The standard InChI is InChI=1S/C19H24N4O2/c1-4-15-11-17(22(3)21-15)20-19(25)16-9-10-18(24)23(16)12-14-7-5-13(2)6-8-14/h5-8,11,16H,4,9-10,12H2,1-3H3,(H,20,25)/t16-/m0/s1. The Morgan fingerprint density at radius 1 is 1.32 bits per heavy atom. The molecule has 0 aliphatic carbocycles. The van der Waals surface area contributed by atoms with Gasteiger partial charge in [0.2, 0.25) is 11.8 Å². The van der Waals surface area contributed by atoms with Gasteiger partial charge in [-0.1, -0.05) is 36.8 Å². The zero-order valence-corrected chi connectivity index (χ0v) is 15.0. The number of likely N-dealkylation sites (tertiary alicyclic amines) is 1. The van der Waals surface area contributed by atoms with E-state index < -0.39 is 6.04 Å². The van der Waals surface area contributed by atoms with Crippen LogP contribution in [0.5, 0.6) is 0 Å². The molecule has 1 aliphatic rings. The van der Waals surface area contributed by atoms with E-state index >= 15 is 0 Å². The molecule has 0 radical (unpaired) electrons. The zero-order chi connectivity index (χ0) is 18.0. The Kier molecular flexibility index (Phi) is 4.88. The van der Waals surface area contributed by atoms with Crippen LogP contribution in [0, 0.1) is 6.92 Å². The average molecular weight is 340 g/mol. The molecule has 1 aromatic carbocycles. The quantitative estimate of drug-likeness (QED) is 0.909. The Morgan fingerprint density at radius 3 is 2.68 bits per heavy atom. The van der Waals surface area contributed by atoms with Crippen molar-refractivity contribution in [2.24, 2.45) is 7.05 Å². The number of anilines is 1. The van der Waals surface area contributed by atoms with Gasteiger partial charge in [0.25, 0.3) is 0 Å². The molecule has 2 aromatic rings. The van der Waals surface area contributed by atoms with Crippen LogP contribution in [0.3, 0.4) is 0 Å². The van der Waals surface area contributed by atoms with Gasteiger partial charge in [0, 0.05) is 26.1 Å². The maximum Gasteiger partial charge on any atom is 0.248 e. The summed E-state index contributed by atoms with van der Waals surface area (Å²) in [7, 11) is 1.80. The van der Waals surface area contributed by atoms with Crippen molar-refractivity contribution >= 4 is 17.6 Å². The molecule has 3 rings (SSSR count). The Morgan fingerprint density at radius 2 is 2.04 bits per heavy atom. The number of nitrogens with one attached hydrogen (secondary N) is 1. The second-order valence-electron chi connectivity index (χ2n) is 6.55. The van der Waals surface area contributed by atoms with E-state index in [1.54, 1.807) is 16.6 Å². The highest BCUT2D eigenvalue weighted by molar-refractivity contribution is 5.98. The molecule has 132 valence electrons. The molecule has 2 heterocycles. The van der Waals surface area contributed by atoms with Gasteiger partial charge < -0.3 is 10.2 Å². The molecule has 0 bridgehead atoms. The molecule has 1 atom stereocenters. The van der Waals surface area contributed by atoms with Gasteiger partial charge in [-0.05, 0) is 25.3 Å². The lowest BCUT2D eigenvalue weighted by Crippen LogP contribution is -2.41. The molecule has 25 heavy (non-hydrogen) atoms. The van der Waals surface area contributed by atoms with Gasteiger partial charge in [-0.3, -0.25) is 14.3 Å². The fourth-order valence-electron chi connectivity index (χ4n) is 3.12. The number of aryl methyl sites for hydroxylation is 3. The molecule has 1 N–H and O–H groups in total. The van der Waals surface area contributed by atoms with E-state index in [2.05, 4.69) is 10.4 Å². The normalized spacial score (nSPS) is 17.2. The van der Waals surface area contributed by atoms with E-state index in [1.807, 2.05) is 44.2 Å². The minimum Gasteiger partial charge on any atom is -0.326 e. The van der Waals surface area contributed by atoms with Crippen molar-refractivity contribution in [3.05, 3.63) is 47.2 Å². The largest absolute Gasteiger partial charge is 0.326 e. The van der Waals surface area contributed by atoms with Crippen LogP contribution in [-0.2, 0) is 29.6 Å². The minimum absolute atomic E-state index is 0.0278. The van der Waals surface area contributed by atoms with E-state index in [0.717, 1.165) is 17.7 Å². The smallest absolute Gasteiger partial charge is 0.248 e. The fraction of sp³-hybridized carbons (Fsp3) is 0.421. The lowest BCUT2D eigenvalue weighted by atomic mass is 10.1. The number of hydrogen-bond donors (Lipinski definition) is 1. The Hall–Kier alpha value is -2.63. The highest BCUT2D eigenvalue weighted by Crippen LogP contribution is 2.23. The summed E-state index contributed by atoms with van der Waals surface area (Å²) in [5.41, 5.74) is 3.14. The summed E-state index contributed by atoms with van der Waals surface area (Å²) in [5.74, 6) is 0.542. The molecule has 2 amide bonds. The van der Waals surface area contributed by atoms with Gasteiger partial charge in [0.05, 0.1) is 5.69 Å². The van der Waals surface area contributed by atoms with E-state index in [-0.39, 0.29) is 11.8 Å². The lowest BCUT2D eigenvalue weighted by molar-refractivity contribution is -0.133. The molecular weight excluding hydrogens is 316 g/mol. The van der Waals surface area contributed by atoms with Crippen LogP contribution in [0.25, 0.3) is 0 Å². The summed E-state index contributed by atoms with van der Waals surface area (Å²) in [4.78, 5) is 26.7. The third-order valence-corrected chi connectivity index (χ3v) is 4.65. The van der Waals surface area contributed by atoms with Crippen molar-refractivity contribution < 1.29 is 9.59 Å². The number of carbonyl (C=O) groups excluding carboxylic acids is 2. The summed E-state index contributed by atoms with van der Waals surface area (Å²) in [6.45, 7) is 4.51. The number of hydrogen-bond acceptors (Lipinski definition) is 3. The molecule has 1 aromatic heterocycles. The maximum atomic E-state index is 12.7. The average Bonchev–Trinajstić information content (AvgIpc) is 3.13. The van der Waals surface area contributed by atoms with E-state index in [4.69, 9.17) is 0 Å². The lowest BCUT2D eigenvalue weighted by Gasteiger charge is -2.24. The van der Waals surface area contributed by atoms with Crippen molar-refractivity contribution in [2.75, 3.05) is 5.32 Å². The monoisotopic (exact) mass is 340 g/mol. The van der Waals surface area contributed by atoms with Gasteiger partial charge in [-0.2, -0.15) is 5.10 Å². The van der Waals surface area contributed by atoms with E-state index in [1.165, 1.54) is 5.56 Å². The number of aromatic nitrogens is 2. The van der Waals surface area contributed by atoms with Crippen LogP contribution in [0.4, 0.5) is 5.82 Å². The van der Waals surface area contributed by atoms with Crippen molar-refractivity contribution in [3.63, 3.8) is 0 Å². The van der Waals surface area contributed by atoms with Crippen molar-refractivity contribution in [1.29, 1.82) is 0 Å². The summed E-state index contributed by atoms with van der Waals surface area (Å²) >= 11 is 0. The third kappa shape index (κ3) is 3.73. The highest BCUT2D eigenvalue weighted by Gasteiger charge is 2.36. The summed E-state index contributed by atoms with van der Waals surface area (Å²) in [6.07, 6.45) is 1.77. The minimum atomic E-state index is -0.436. The van der Waals surface area contributed by atoms with Crippen LogP contribution in [0.1, 0.15) is 36.6 Å². The SMILES string of the molecule is CCc1cc(NC(=O)[C@@H]2CCC(=O)N2Cc2ccc(C)cc2)n(C)n1. The predicted octanol–water partition coefficient (Wildman–Crippen LogP) is 2.42. The van der Waals surface area contributed by atoms with Crippen LogP contribution in [0.2, 0.25) is 0 Å². The molecule has 1 aliphatic heterocycles. The molecule has 0 saturated carbocycles. The Labute approximate surface area is 147 Å². The first-order valence-corrected chi connectivity index (χ1v) is 8.66. The van der Waals surface area contributed by atoms with Gasteiger partial charge in [0.1, 0.15) is 11.9 Å². The number of carbonyl (C=O) groups is 2. The van der Waals surface area contributed by atoms with Crippen LogP contribution < -0.4 is 5.32 Å². The third-order valence-electron chi connectivity index (χ3n) is 4.65. The van der Waals surface area contributed by atoms with Crippen LogP contribution in [0.15, 0.2) is 30.3 Å². The number of amides is 2. The topological polar surface area (TPSA) is 67.2 Å². The van der Waals surface area contributed by atoms with Crippen molar-refractivity contribution in [1.82, 2.24) is 14.7 Å². The number of benzene rings is 1. The van der Waals surface area contributed by atoms with E-state index in [9.17, 15) is 9.59 Å². The molecule has 6 nitrogen and oxygen atoms in total. The van der Waals surface area contributed by atoms with Crippen LogP contribution >= 0.6 is 0 Å². The first-order valence-electron chi connectivity index (χ1n) is 8.66. The number of nitrogens with zero attached hydrogens (tertiary/aromatic N) is 3. The van der Waals surface area contributed by atoms with Gasteiger partial charge in [-0.25, -0.2) is 0 Å². The zero-order valence-electron chi connectivity index (χ0n) is 15.0. The number of rotatable bonds is 5. The van der Waals surface area contributed by atoms with Crippen LogP contribution in [-0.4, -0.2) is 32.5 Å². The molecule has 0 unspecified atom stereocenters. The summed E-state index contributed by atoms with van der Waals surface area (Å²) in [5, 5.41) is 7.26. The fourth-order valence-corrected chi connectivity index (χ4v) is 3.12. The van der Waals surface area contributed by atoms with Gasteiger partial charge in [0.15, 0.2) is 0 Å². The Balaban J connectivity index is 1.72. The molecule has 6 heteroatoms. The predicted molar refractivity (Wildman–Crippen MR) is 96.0 cm³/mol. The van der Waals surface area contributed by atoms with Gasteiger partial charge in [-0.15, -0.1) is 0 Å². The van der Waals surface area contributed by atoms with Crippen molar-refractivity contribution in [3.8, 4) is 0 Å².